The van der Waals surface area contributed by atoms with Crippen molar-refractivity contribution in [3.8, 4) is 0 Å². The normalized spacial score (nSPS) is 13.5. The second kappa shape index (κ2) is 11.3. The summed E-state index contributed by atoms with van der Waals surface area (Å²) in [4.78, 5) is 28.7. The molecule has 2 aromatic heterocycles. The first-order chi connectivity index (χ1) is 16.1. The molecule has 1 aromatic carbocycles. The highest BCUT2D eigenvalue weighted by molar-refractivity contribution is 7.98. The number of nitrogens with one attached hydrogen (secondary N) is 1. The van der Waals surface area contributed by atoms with E-state index in [1.165, 1.54) is 12.8 Å². The molecule has 0 bridgehead atoms. The van der Waals surface area contributed by atoms with Gasteiger partial charge in [-0.25, -0.2) is 9.97 Å². The third kappa shape index (κ3) is 6.54. The van der Waals surface area contributed by atoms with E-state index in [-0.39, 0.29) is 5.91 Å². The number of anilines is 1. The highest BCUT2D eigenvalue weighted by atomic mass is 32.2. The Hall–Kier alpha value is -2.93. The second-order valence-corrected chi connectivity index (χ2v) is 9.54. The zero-order chi connectivity index (χ0) is 23.0. The van der Waals surface area contributed by atoms with Crippen LogP contribution in [-0.4, -0.2) is 40.5 Å². The van der Waals surface area contributed by atoms with Crippen molar-refractivity contribution in [2.45, 2.75) is 49.9 Å². The van der Waals surface area contributed by atoms with Crippen molar-refractivity contribution >= 4 is 23.5 Å². The Bertz CT molecular complexity index is 1050. The Kier molecular flexibility index (Phi) is 7.94. The van der Waals surface area contributed by atoms with E-state index < -0.39 is 0 Å². The van der Waals surface area contributed by atoms with Gasteiger partial charge in [-0.15, -0.1) is 0 Å². The number of hydrogen-bond acceptors (Lipinski definition) is 6. The lowest BCUT2D eigenvalue weighted by Crippen LogP contribution is -2.25. The summed E-state index contributed by atoms with van der Waals surface area (Å²) in [7, 11) is 0. The van der Waals surface area contributed by atoms with E-state index in [0.717, 1.165) is 53.2 Å². The number of thioether (sulfide) groups is 1. The van der Waals surface area contributed by atoms with Gasteiger partial charge in [-0.05, 0) is 48.6 Å². The fraction of sp³-hybridized carbons (Fsp3) is 0.385. The van der Waals surface area contributed by atoms with Crippen LogP contribution < -0.4 is 10.2 Å². The second-order valence-electron chi connectivity index (χ2n) is 8.60. The standard InChI is InChI=1S/C26H31N5OS/c1-19(2)23-17-24(31-15-5-6-16-31)30-26(29-23)33-18-20-8-10-21(11-9-20)25(32)28-14-12-22-7-3-4-13-27-22/h3-4,7-11,13,17,19H,5-6,12,14-16,18H2,1-2H3,(H,28,32). The van der Waals surface area contributed by atoms with Gasteiger partial charge in [-0.2, -0.15) is 0 Å². The van der Waals surface area contributed by atoms with E-state index >= 15 is 0 Å². The number of nitrogens with zero attached hydrogens (tertiary/aromatic N) is 4. The molecule has 1 N–H and O–H groups in total. The molecule has 1 fully saturated rings. The van der Waals surface area contributed by atoms with Crippen LogP contribution in [0.1, 0.15) is 59.9 Å². The predicted octanol–water partition coefficient (Wildman–Crippen LogP) is 4.86. The lowest BCUT2D eigenvalue weighted by molar-refractivity contribution is 0.0954. The molecule has 4 rings (SSSR count). The molecule has 6 nitrogen and oxygen atoms in total. The quantitative estimate of drug-likeness (QED) is 0.362. The van der Waals surface area contributed by atoms with Gasteiger partial charge in [0.2, 0.25) is 0 Å². The maximum atomic E-state index is 12.4. The minimum atomic E-state index is -0.0617. The average Bonchev–Trinajstić information content (AvgIpc) is 3.39. The minimum Gasteiger partial charge on any atom is -0.356 e. The Morgan fingerprint density at radius 1 is 1.09 bits per heavy atom. The summed E-state index contributed by atoms with van der Waals surface area (Å²) in [6.07, 6.45) is 4.94. The molecular weight excluding hydrogens is 430 g/mol. The van der Waals surface area contributed by atoms with Crippen LogP contribution in [0.2, 0.25) is 0 Å². The molecule has 0 atom stereocenters. The maximum absolute atomic E-state index is 12.4. The fourth-order valence-electron chi connectivity index (χ4n) is 3.75. The zero-order valence-electron chi connectivity index (χ0n) is 19.3. The fourth-order valence-corrected chi connectivity index (χ4v) is 4.57. The summed E-state index contributed by atoms with van der Waals surface area (Å²) < 4.78 is 0. The average molecular weight is 462 g/mol. The highest BCUT2D eigenvalue weighted by Crippen LogP contribution is 2.27. The number of hydrogen-bond donors (Lipinski definition) is 1. The molecule has 1 amide bonds. The van der Waals surface area contributed by atoms with Gasteiger partial charge >= 0.3 is 0 Å². The summed E-state index contributed by atoms with van der Waals surface area (Å²) in [5.74, 6) is 2.12. The molecule has 33 heavy (non-hydrogen) atoms. The molecule has 3 heterocycles. The number of rotatable bonds is 9. The van der Waals surface area contributed by atoms with E-state index in [1.807, 2.05) is 42.5 Å². The Morgan fingerprint density at radius 2 is 1.88 bits per heavy atom. The third-order valence-electron chi connectivity index (χ3n) is 5.71. The molecule has 0 unspecified atom stereocenters. The predicted molar refractivity (Wildman–Crippen MR) is 134 cm³/mol. The third-order valence-corrected chi connectivity index (χ3v) is 6.63. The Balaban J connectivity index is 1.33. The molecule has 0 saturated carbocycles. The molecule has 1 aliphatic rings. The van der Waals surface area contributed by atoms with Crippen LogP contribution in [-0.2, 0) is 12.2 Å². The number of aromatic nitrogens is 3. The lowest BCUT2D eigenvalue weighted by atomic mass is 10.1. The minimum absolute atomic E-state index is 0.0617. The number of carbonyl (C=O) groups is 1. The van der Waals surface area contributed by atoms with Crippen LogP contribution >= 0.6 is 11.8 Å². The van der Waals surface area contributed by atoms with E-state index in [9.17, 15) is 4.79 Å². The largest absolute Gasteiger partial charge is 0.356 e. The summed E-state index contributed by atoms with van der Waals surface area (Å²) in [6.45, 7) is 7.06. The van der Waals surface area contributed by atoms with Crippen LogP contribution in [0.4, 0.5) is 5.82 Å². The first-order valence-electron chi connectivity index (χ1n) is 11.6. The van der Waals surface area contributed by atoms with Crippen LogP contribution in [0.5, 0.6) is 0 Å². The molecular formula is C26H31N5OS. The van der Waals surface area contributed by atoms with Gasteiger partial charge in [0.1, 0.15) is 5.82 Å². The molecule has 3 aromatic rings. The van der Waals surface area contributed by atoms with Crippen LogP contribution in [0.3, 0.4) is 0 Å². The van der Waals surface area contributed by atoms with E-state index in [1.54, 1.807) is 18.0 Å². The molecule has 0 aliphatic carbocycles. The van der Waals surface area contributed by atoms with Crippen molar-refractivity contribution in [3.05, 3.63) is 77.2 Å². The Morgan fingerprint density at radius 3 is 2.58 bits per heavy atom. The molecule has 0 spiro atoms. The summed E-state index contributed by atoms with van der Waals surface area (Å²) in [6, 6.07) is 15.7. The van der Waals surface area contributed by atoms with Crippen molar-refractivity contribution in [2.24, 2.45) is 0 Å². The number of pyridine rings is 1. The van der Waals surface area contributed by atoms with Gasteiger partial charge in [0.15, 0.2) is 5.16 Å². The van der Waals surface area contributed by atoms with Gasteiger partial charge in [-0.3, -0.25) is 9.78 Å². The van der Waals surface area contributed by atoms with E-state index in [0.29, 0.717) is 18.0 Å². The topological polar surface area (TPSA) is 71.0 Å². The van der Waals surface area contributed by atoms with Gasteiger partial charge in [0.25, 0.3) is 5.91 Å². The summed E-state index contributed by atoms with van der Waals surface area (Å²) >= 11 is 1.65. The van der Waals surface area contributed by atoms with E-state index in [2.05, 4.69) is 35.1 Å². The molecule has 1 aliphatic heterocycles. The summed E-state index contributed by atoms with van der Waals surface area (Å²) in [5, 5.41) is 3.78. The smallest absolute Gasteiger partial charge is 0.251 e. The molecule has 7 heteroatoms. The SMILES string of the molecule is CC(C)c1cc(N2CCCC2)nc(SCc2ccc(C(=O)NCCc3ccccn3)cc2)n1. The number of benzene rings is 1. The van der Waals surface area contributed by atoms with E-state index in [4.69, 9.17) is 9.97 Å². The maximum Gasteiger partial charge on any atom is 0.251 e. The number of carbonyl (C=O) groups excluding carboxylic acids is 1. The van der Waals surface area contributed by atoms with Gasteiger partial charge in [-0.1, -0.05) is 43.8 Å². The molecule has 0 radical (unpaired) electrons. The van der Waals surface area contributed by atoms with Crippen molar-refractivity contribution in [3.63, 3.8) is 0 Å². The van der Waals surface area contributed by atoms with Crippen LogP contribution in [0, 0.1) is 0 Å². The zero-order valence-corrected chi connectivity index (χ0v) is 20.1. The molecule has 172 valence electrons. The monoisotopic (exact) mass is 461 g/mol. The number of amides is 1. The highest BCUT2D eigenvalue weighted by Gasteiger charge is 2.17. The van der Waals surface area contributed by atoms with Crippen molar-refractivity contribution in [1.82, 2.24) is 20.3 Å². The Labute approximate surface area is 200 Å². The lowest BCUT2D eigenvalue weighted by Gasteiger charge is -2.18. The first kappa shape index (κ1) is 23.2. The first-order valence-corrected chi connectivity index (χ1v) is 12.6. The molecule has 1 saturated heterocycles. The van der Waals surface area contributed by atoms with Crippen molar-refractivity contribution in [1.29, 1.82) is 0 Å². The van der Waals surface area contributed by atoms with Crippen molar-refractivity contribution < 1.29 is 4.79 Å². The van der Waals surface area contributed by atoms with Crippen LogP contribution in [0.25, 0.3) is 0 Å². The van der Waals surface area contributed by atoms with Gasteiger partial charge in [0.05, 0.1) is 0 Å². The van der Waals surface area contributed by atoms with Gasteiger partial charge < -0.3 is 10.2 Å². The van der Waals surface area contributed by atoms with Crippen molar-refractivity contribution in [2.75, 3.05) is 24.5 Å². The van der Waals surface area contributed by atoms with Crippen LogP contribution in [0.15, 0.2) is 59.9 Å². The van der Waals surface area contributed by atoms with Gasteiger partial charge in [0, 0.05) is 61.0 Å². The summed E-state index contributed by atoms with van der Waals surface area (Å²) in [5.41, 5.74) is 3.87.